The standard InChI is InChI=1S/C14H19N/c1-3-7-13(8-4-1)11-15-12-14-9-5-2-6-10-14/h1,3-4,7-8,11,14H,2,5-6,9-10,12H2/b15-11-. The van der Waals surface area contributed by atoms with Gasteiger partial charge in [-0.3, -0.25) is 4.99 Å². The van der Waals surface area contributed by atoms with Gasteiger partial charge in [0.2, 0.25) is 0 Å². The fourth-order valence-corrected chi connectivity index (χ4v) is 2.22. The van der Waals surface area contributed by atoms with Crippen molar-refractivity contribution in [3.63, 3.8) is 0 Å². The lowest BCUT2D eigenvalue weighted by atomic mass is 9.89. The summed E-state index contributed by atoms with van der Waals surface area (Å²) in [6, 6.07) is 10.4. The number of aliphatic imine (C=N–C) groups is 1. The Bertz CT molecular complexity index is 296. The Morgan fingerprint density at radius 3 is 2.53 bits per heavy atom. The van der Waals surface area contributed by atoms with Gasteiger partial charge in [0.1, 0.15) is 0 Å². The fraction of sp³-hybridized carbons (Fsp3) is 0.500. The average molecular weight is 201 g/mol. The van der Waals surface area contributed by atoms with Crippen molar-refractivity contribution in [2.45, 2.75) is 32.1 Å². The molecule has 1 aliphatic rings. The molecule has 1 aromatic rings. The van der Waals surface area contributed by atoms with Gasteiger partial charge in [0.15, 0.2) is 0 Å². The van der Waals surface area contributed by atoms with Gasteiger partial charge in [-0.2, -0.15) is 0 Å². The highest BCUT2D eigenvalue weighted by atomic mass is 14.7. The van der Waals surface area contributed by atoms with Crippen molar-refractivity contribution < 1.29 is 0 Å². The zero-order chi connectivity index (χ0) is 10.3. The predicted octanol–water partition coefficient (Wildman–Crippen LogP) is 3.69. The van der Waals surface area contributed by atoms with Crippen LogP contribution in [-0.2, 0) is 0 Å². The summed E-state index contributed by atoms with van der Waals surface area (Å²) in [6.45, 7) is 1.02. The molecule has 1 aliphatic carbocycles. The van der Waals surface area contributed by atoms with E-state index in [-0.39, 0.29) is 0 Å². The maximum Gasteiger partial charge on any atom is 0.0417 e. The van der Waals surface area contributed by atoms with Crippen molar-refractivity contribution in [3.8, 4) is 0 Å². The first kappa shape index (κ1) is 10.4. The van der Waals surface area contributed by atoms with E-state index in [1.165, 1.54) is 37.7 Å². The van der Waals surface area contributed by atoms with Crippen molar-refractivity contribution in [3.05, 3.63) is 35.9 Å². The molecule has 0 atom stereocenters. The third-order valence-corrected chi connectivity index (χ3v) is 3.13. The SMILES string of the molecule is C(=N/CC1CCCCC1)/c1ccccc1. The van der Waals surface area contributed by atoms with Crippen LogP contribution in [0, 0.1) is 5.92 Å². The van der Waals surface area contributed by atoms with Crippen molar-refractivity contribution in [2.24, 2.45) is 10.9 Å². The largest absolute Gasteiger partial charge is 0.292 e. The molecule has 1 heteroatoms. The molecule has 1 saturated carbocycles. The summed E-state index contributed by atoms with van der Waals surface area (Å²) in [6.07, 6.45) is 9.02. The van der Waals surface area contributed by atoms with Crippen LogP contribution < -0.4 is 0 Å². The maximum atomic E-state index is 4.54. The van der Waals surface area contributed by atoms with Crippen LogP contribution in [-0.4, -0.2) is 12.8 Å². The van der Waals surface area contributed by atoms with E-state index in [4.69, 9.17) is 0 Å². The summed E-state index contributed by atoms with van der Waals surface area (Å²) >= 11 is 0. The van der Waals surface area contributed by atoms with Crippen LogP contribution in [0.25, 0.3) is 0 Å². The molecule has 0 saturated heterocycles. The minimum atomic E-state index is 0.846. The van der Waals surface area contributed by atoms with E-state index in [1.54, 1.807) is 0 Å². The lowest BCUT2D eigenvalue weighted by molar-refractivity contribution is 0.367. The molecule has 2 rings (SSSR count). The number of hydrogen-bond donors (Lipinski definition) is 0. The minimum absolute atomic E-state index is 0.846. The monoisotopic (exact) mass is 201 g/mol. The lowest BCUT2D eigenvalue weighted by Gasteiger charge is -2.19. The van der Waals surface area contributed by atoms with E-state index in [1.807, 2.05) is 12.3 Å². The molecule has 0 amide bonds. The summed E-state index contributed by atoms with van der Waals surface area (Å²) in [4.78, 5) is 4.54. The first-order valence-corrected chi connectivity index (χ1v) is 6.00. The van der Waals surface area contributed by atoms with E-state index >= 15 is 0 Å². The van der Waals surface area contributed by atoms with Crippen LogP contribution in [0.15, 0.2) is 35.3 Å². The normalized spacial score (nSPS) is 18.4. The number of rotatable bonds is 3. The van der Waals surface area contributed by atoms with Crippen molar-refractivity contribution in [2.75, 3.05) is 6.54 Å². The molecule has 0 aliphatic heterocycles. The van der Waals surface area contributed by atoms with Gasteiger partial charge in [0.25, 0.3) is 0 Å². The highest BCUT2D eigenvalue weighted by Crippen LogP contribution is 2.23. The summed E-state index contributed by atoms with van der Waals surface area (Å²) in [5.41, 5.74) is 1.22. The number of nitrogens with zero attached hydrogens (tertiary/aromatic N) is 1. The third-order valence-electron chi connectivity index (χ3n) is 3.13. The summed E-state index contributed by atoms with van der Waals surface area (Å²) in [7, 11) is 0. The molecule has 0 N–H and O–H groups in total. The summed E-state index contributed by atoms with van der Waals surface area (Å²) in [5, 5.41) is 0. The molecule has 0 spiro atoms. The average Bonchev–Trinajstić information content (AvgIpc) is 2.32. The smallest absolute Gasteiger partial charge is 0.0417 e. The highest BCUT2D eigenvalue weighted by molar-refractivity contribution is 5.79. The van der Waals surface area contributed by atoms with E-state index in [2.05, 4.69) is 29.3 Å². The molecular weight excluding hydrogens is 182 g/mol. The van der Waals surface area contributed by atoms with Gasteiger partial charge in [0.05, 0.1) is 0 Å². The van der Waals surface area contributed by atoms with Crippen molar-refractivity contribution in [1.29, 1.82) is 0 Å². The number of benzene rings is 1. The Kier molecular flexibility index (Phi) is 3.95. The zero-order valence-electron chi connectivity index (χ0n) is 9.23. The molecule has 0 heterocycles. The maximum absolute atomic E-state index is 4.54. The molecule has 0 aromatic heterocycles. The topological polar surface area (TPSA) is 12.4 Å². The van der Waals surface area contributed by atoms with Gasteiger partial charge in [-0.15, -0.1) is 0 Å². The molecule has 0 bridgehead atoms. The molecular formula is C14H19N. The summed E-state index contributed by atoms with van der Waals surface area (Å²) < 4.78 is 0. The van der Waals surface area contributed by atoms with E-state index < -0.39 is 0 Å². The minimum Gasteiger partial charge on any atom is -0.292 e. The van der Waals surface area contributed by atoms with E-state index in [9.17, 15) is 0 Å². The number of hydrogen-bond acceptors (Lipinski definition) is 1. The van der Waals surface area contributed by atoms with Gasteiger partial charge in [0, 0.05) is 12.8 Å². The van der Waals surface area contributed by atoms with Crippen molar-refractivity contribution in [1.82, 2.24) is 0 Å². The van der Waals surface area contributed by atoms with Gasteiger partial charge in [-0.05, 0) is 24.3 Å². The van der Waals surface area contributed by atoms with Gasteiger partial charge >= 0.3 is 0 Å². The quantitative estimate of drug-likeness (QED) is 0.661. The second-order valence-corrected chi connectivity index (χ2v) is 4.41. The van der Waals surface area contributed by atoms with Gasteiger partial charge < -0.3 is 0 Å². The molecule has 1 fully saturated rings. The Labute approximate surface area is 92.2 Å². The Balaban J connectivity index is 1.79. The fourth-order valence-electron chi connectivity index (χ4n) is 2.22. The molecule has 80 valence electrons. The van der Waals surface area contributed by atoms with Crippen LogP contribution >= 0.6 is 0 Å². The second-order valence-electron chi connectivity index (χ2n) is 4.41. The predicted molar refractivity (Wildman–Crippen MR) is 65.5 cm³/mol. The van der Waals surface area contributed by atoms with E-state index in [0.29, 0.717) is 0 Å². The third kappa shape index (κ3) is 3.50. The molecule has 0 radical (unpaired) electrons. The first-order chi connectivity index (χ1) is 7.45. The van der Waals surface area contributed by atoms with Crippen molar-refractivity contribution >= 4 is 6.21 Å². The molecule has 1 aromatic carbocycles. The van der Waals surface area contributed by atoms with Crippen LogP contribution in [0.5, 0.6) is 0 Å². The summed E-state index contributed by atoms with van der Waals surface area (Å²) in [5.74, 6) is 0.846. The van der Waals surface area contributed by atoms with Gasteiger partial charge in [-0.25, -0.2) is 0 Å². The molecule has 15 heavy (non-hydrogen) atoms. The lowest BCUT2D eigenvalue weighted by Crippen LogP contribution is -2.09. The van der Waals surface area contributed by atoms with Crippen LogP contribution in [0.3, 0.4) is 0 Å². The Morgan fingerprint density at radius 2 is 1.80 bits per heavy atom. The van der Waals surface area contributed by atoms with E-state index in [0.717, 1.165) is 12.5 Å². The zero-order valence-corrected chi connectivity index (χ0v) is 9.23. The van der Waals surface area contributed by atoms with Crippen LogP contribution in [0.2, 0.25) is 0 Å². The first-order valence-electron chi connectivity index (χ1n) is 6.00. The van der Waals surface area contributed by atoms with Crippen LogP contribution in [0.4, 0.5) is 0 Å². The molecule has 1 nitrogen and oxygen atoms in total. The highest BCUT2D eigenvalue weighted by Gasteiger charge is 2.11. The van der Waals surface area contributed by atoms with Gasteiger partial charge in [-0.1, -0.05) is 49.6 Å². The second kappa shape index (κ2) is 5.69. The van der Waals surface area contributed by atoms with Crippen LogP contribution in [0.1, 0.15) is 37.7 Å². The Hall–Kier alpha value is -1.11. The Morgan fingerprint density at radius 1 is 1.07 bits per heavy atom. The molecule has 0 unspecified atom stereocenters.